The van der Waals surface area contributed by atoms with E-state index in [1.165, 1.54) is 7.05 Å². The van der Waals surface area contributed by atoms with Crippen molar-refractivity contribution in [1.29, 1.82) is 0 Å². The number of aliphatic hydroxyl groups excluding tert-OH is 1. The molecule has 1 aliphatic carbocycles. The zero-order valence-electron chi connectivity index (χ0n) is 15.0. The molecule has 0 bridgehead atoms. The number of nitrogens with zero attached hydrogens (tertiary/aromatic N) is 3. The fourth-order valence-corrected chi connectivity index (χ4v) is 4.45. The van der Waals surface area contributed by atoms with Crippen LogP contribution in [-0.2, 0) is 13.2 Å². The summed E-state index contributed by atoms with van der Waals surface area (Å²) in [4.78, 5) is 15.6. The molecule has 0 unspecified atom stereocenters. The van der Waals surface area contributed by atoms with Crippen LogP contribution in [0.15, 0.2) is 18.2 Å². The average molecular weight is 401 g/mol. The molecule has 3 rings (SSSR count). The van der Waals surface area contributed by atoms with Gasteiger partial charge in [0.15, 0.2) is 0 Å². The fourth-order valence-electron chi connectivity index (χ4n) is 3.54. The summed E-state index contributed by atoms with van der Waals surface area (Å²) in [5.41, 5.74) is -0.636. The van der Waals surface area contributed by atoms with Crippen LogP contribution in [0.5, 0.6) is 0 Å². The normalized spacial score (nSPS) is 15.9. The third-order valence-corrected chi connectivity index (χ3v) is 5.95. The predicted molar refractivity (Wildman–Crippen MR) is 96.5 cm³/mol. The van der Waals surface area contributed by atoms with Crippen LogP contribution in [0.2, 0.25) is 0 Å². The Hall–Kier alpha value is -1.87. The maximum atomic E-state index is 13.0. The summed E-state index contributed by atoms with van der Waals surface area (Å²) in [6.45, 7) is 0.147. The van der Waals surface area contributed by atoms with Gasteiger partial charge in [0, 0.05) is 19.6 Å². The minimum absolute atomic E-state index is 0.107. The fraction of sp³-hybridized carbons (Fsp3) is 0.556. The number of alkyl halides is 3. The topological polar surface area (TPSA) is 58.4 Å². The second-order valence-corrected chi connectivity index (χ2v) is 7.80. The lowest BCUT2D eigenvalue weighted by Gasteiger charge is -2.33. The van der Waals surface area contributed by atoms with Crippen molar-refractivity contribution >= 4 is 17.2 Å². The molecule has 148 valence electrons. The van der Waals surface area contributed by atoms with Gasteiger partial charge in [-0.2, -0.15) is 18.3 Å². The van der Waals surface area contributed by atoms with E-state index in [1.807, 2.05) is 0 Å². The number of amides is 1. The zero-order valence-corrected chi connectivity index (χ0v) is 15.8. The molecule has 9 heteroatoms. The van der Waals surface area contributed by atoms with Crippen molar-refractivity contribution in [3.8, 4) is 10.6 Å². The molecule has 2 heterocycles. The summed E-state index contributed by atoms with van der Waals surface area (Å²) < 4.78 is 39.7. The first-order valence-corrected chi connectivity index (χ1v) is 9.76. The van der Waals surface area contributed by atoms with E-state index in [1.54, 1.807) is 17.0 Å². The van der Waals surface area contributed by atoms with E-state index < -0.39 is 11.9 Å². The van der Waals surface area contributed by atoms with Crippen LogP contribution in [0.1, 0.15) is 47.5 Å². The molecule has 2 aromatic rings. The molecule has 1 fully saturated rings. The van der Waals surface area contributed by atoms with Crippen molar-refractivity contribution in [3.05, 3.63) is 28.8 Å². The third-order valence-electron chi connectivity index (χ3n) is 4.86. The molecule has 5 nitrogen and oxygen atoms in total. The summed E-state index contributed by atoms with van der Waals surface area (Å²) in [7, 11) is 1.25. The quantitative estimate of drug-likeness (QED) is 0.826. The Kier molecular flexibility index (Phi) is 5.90. The van der Waals surface area contributed by atoms with Gasteiger partial charge in [-0.3, -0.25) is 9.48 Å². The minimum Gasteiger partial charge on any atom is -0.395 e. The lowest BCUT2D eigenvalue weighted by molar-refractivity contribution is -0.143. The molecule has 1 saturated carbocycles. The molecule has 0 atom stereocenters. The Balaban J connectivity index is 1.82. The monoisotopic (exact) mass is 401 g/mol. The molecular formula is C18H22F3N3O2S. The number of thiophene rings is 1. The number of carbonyl (C=O) groups excluding carboxylic acids is 1. The van der Waals surface area contributed by atoms with Crippen LogP contribution < -0.4 is 0 Å². The van der Waals surface area contributed by atoms with Crippen molar-refractivity contribution < 1.29 is 23.1 Å². The van der Waals surface area contributed by atoms with Crippen LogP contribution in [-0.4, -0.2) is 44.9 Å². The van der Waals surface area contributed by atoms with Gasteiger partial charge in [-0.05, 0) is 31.0 Å². The zero-order chi connectivity index (χ0) is 19.6. The van der Waals surface area contributed by atoms with Gasteiger partial charge in [-0.25, -0.2) is 0 Å². The summed E-state index contributed by atoms with van der Waals surface area (Å²) in [6.07, 6.45) is 0.628. The number of aryl methyl sites for hydroxylation is 1. The van der Waals surface area contributed by atoms with Crippen LogP contribution in [0.25, 0.3) is 10.6 Å². The van der Waals surface area contributed by atoms with Gasteiger partial charge in [0.1, 0.15) is 11.4 Å². The van der Waals surface area contributed by atoms with E-state index in [-0.39, 0.29) is 30.8 Å². The SMILES string of the molecule is Cn1nc(-c2ccc(C(=O)N(CCO)C3CCCCC3)s2)cc1C(F)(F)F. The van der Waals surface area contributed by atoms with E-state index in [2.05, 4.69) is 5.10 Å². The van der Waals surface area contributed by atoms with Gasteiger partial charge in [0.05, 0.1) is 16.4 Å². The molecule has 27 heavy (non-hydrogen) atoms. The number of carbonyl (C=O) groups is 1. The van der Waals surface area contributed by atoms with Gasteiger partial charge >= 0.3 is 6.18 Å². The standard InChI is InChI=1S/C18H22F3N3O2S/c1-23-16(18(19,20)21)11-13(22-23)14-7-8-15(27-14)17(26)24(9-10-25)12-5-3-2-4-6-12/h7-8,11-12,25H,2-6,9-10H2,1H3. The van der Waals surface area contributed by atoms with Gasteiger partial charge < -0.3 is 10.0 Å². The van der Waals surface area contributed by atoms with Crippen molar-refractivity contribution in [2.75, 3.05) is 13.2 Å². The highest BCUT2D eigenvalue weighted by Gasteiger charge is 2.35. The summed E-state index contributed by atoms with van der Waals surface area (Å²) in [5.74, 6) is -0.181. The Labute approximate surface area is 159 Å². The van der Waals surface area contributed by atoms with Crippen molar-refractivity contribution in [1.82, 2.24) is 14.7 Å². The summed E-state index contributed by atoms with van der Waals surface area (Å²) in [6, 6.07) is 4.35. The van der Waals surface area contributed by atoms with Crippen molar-refractivity contribution in [2.24, 2.45) is 7.05 Å². The molecule has 0 radical (unpaired) electrons. The maximum Gasteiger partial charge on any atom is 0.433 e. The average Bonchev–Trinajstić information content (AvgIpc) is 3.26. The highest BCUT2D eigenvalue weighted by molar-refractivity contribution is 7.17. The van der Waals surface area contributed by atoms with E-state index in [0.29, 0.717) is 9.75 Å². The maximum absolute atomic E-state index is 13.0. The molecule has 1 aliphatic rings. The second kappa shape index (κ2) is 8.02. The molecule has 0 saturated heterocycles. The number of rotatable bonds is 5. The second-order valence-electron chi connectivity index (χ2n) is 6.71. The predicted octanol–water partition coefficient (Wildman–Crippen LogP) is 3.93. The molecule has 2 aromatic heterocycles. The number of aromatic nitrogens is 2. The molecule has 0 aromatic carbocycles. The number of hydrogen-bond donors (Lipinski definition) is 1. The lowest BCUT2D eigenvalue weighted by atomic mass is 9.94. The van der Waals surface area contributed by atoms with Crippen LogP contribution in [0, 0.1) is 0 Å². The number of aliphatic hydroxyl groups is 1. The molecule has 1 N–H and O–H groups in total. The summed E-state index contributed by atoms with van der Waals surface area (Å²) >= 11 is 1.13. The minimum atomic E-state index is -4.48. The Bertz CT molecular complexity index is 794. The number of hydrogen-bond acceptors (Lipinski definition) is 4. The molecule has 0 aliphatic heterocycles. The lowest BCUT2D eigenvalue weighted by Crippen LogP contribution is -2.42. The first-order chi connectivity index (χ1) is 12.8. The van der Waals surface area contributed by atoms with E-state index >= 15 is 0 Å². The van der Waals surface area contributed by atoms with E-state index in [0.717, 1.165) is 54.2 Å². The first kappa shape index (κ1) is 19.9. The van der Waals surface area contributed by atoms with E-state index in [9.17, 15) is 23.1 Å². The van der Waals surface area contributed by atoms with Gasteiger partial charge in [0.25, 0.3) is 5.91 Å². The van der Waals surface area contributed by atoms with Gasteiger partial charge in [-0.15, -0.1) is 11.3 Å². The Morgan fingerprint density at radius 2 is 2.04 bits per heavy atom. The van der Waals surface area contributed by atoms with Crippen molar-refractivity contribution in [3.63, 3.8) is 0 Å². The molecule has 0 spiro atoms. The van der Waals surface area contributed by atoms with Gasteiger partial charge in [-0.1, -0.05) is 19.3 Å². The highest BCUT2D eigenvalue weighted by atomic mass is 32.1. The highest BCUT2D eigenvalue weighted by Crippen LogP contribution is 2.35. The summed E-state index contributed by atoms with van der Waals surface area (Å²) in [5, 5.41) is 13.3. The van der Waals surface area contributed by atoms with Crippen LogP contribution >= 0.6 is 11.3 Å². The van der Waals surface area contributed by atoms with Crippen LogP contribution in [0.3, 0.4) is 0 Å². The Morgan fingerprint density at radius 3 is 2.63 bits per heavy atom. The largest absolute Gasteiger partial charge is 0.433 e. The van der Waals surface area contributed by atoms with Crippen molar-refractivity contribution in [2.45, 2.75) is 44.3 Å². The molecular weight excluding hydrogens is 379 g/mol. The first-order valence-electron chi connectivity index (χ1n) is 8.94. The Morgan fingerprint density at radius 1 is 1.33 bits per heavy atom. The van der Waals surface area contributed by atoms with E-state index in [4.69, 9.17) is 0 Å². The van der Waals surface area contributed by atoms with Crippen LogP contribution in [0.4, 0.5) is 13.2 Å². The number of halogens is 3. The molecule has 1 amide bonds. The smallest absolute Gasteiger partial charge is 0.395 e. The third kappa shape index (κ3) is 4.35. The van der Waals surface area contributed by atoms with Gasteiger partial charge in [0.2, 0.25) is 0 Å².